The van der Waals surface area contributed by atoms with Crippen molar-refractivity contribution in [3.63, 3.8) is 0 Å². The lowest BCUT2D eigenvalue weighted by molar-refractivity contribution is 0.0265. The van der Waals surface area contributed by atoms with Crippen LogP contribution in [0, 0.1) is 0 Å². The molecule has 1 aromatic carbocycles. The van der Waals surface area contributed by atoms with Crippen LogP contribution in [0.3, 0.4) is 0 Å². The summed E-state index contributed by atoms with van der Waals surface area (Å²) in [5, 5.41) is 0.496. The monoisotopic (exact) mass is 339 g/mol. The predicted molar refractivity (Wildman–Crippen MR) is 81.3 cm³/mol. The van der Waals surface area contributed by atoms with Crippen LogP contribution in [0.15, 0.2) is 42.6 Å². The molecule has 0 aliphatic carbocycles. The van der Waals surface area contributed by atoms with Gasteiger partial charge in [-0.2, -0.15) is 0 Å². The average Bonchev–Trinajstić information content (AvgIpc) is 2.51. The molecule has 0 spiro atoms. The van der Waals surface area contributed by atoms with Gasteiger partial charge in [-0.1, -0.05) is 29.3 Å². The standard InChI is InChI=1S/C15H11Cl2NO4/c16-11-4-1-3-10(9-11)14(19)21-7-8-22-15(20)12-5-2-6-18-13(12)17/h1-6,9H,7-8H2. The molecule has 22 heavy (non-hydrogen) atoms. The van der Waals surface area contributed by atoms with Gasteiger partial charge in [0.2, 0.25) is 0 Å². The third kappa shape index (κ3) is 4.44. The molecule has 0 fully saturated rings. The third-order valence-electron chi connectivity index (χ3n) is 2.59. The van der Waals surface area contributed by atoms with Crippen molar-refractivity contribution in [2.24, 2.45) is 0 Å². The van der Waals surface area contributed by atoms with Crippen LogP contribution >= 0.6 is 23.2 Å². The molecule has 0 N–H and O–H groups in total. The first-order valence-electron chi connectivity index (χ1n) is 6.28. The van der Waals surface area contributed by atoms with Crippen molar-refractivity contribution in [3.05, 3.63) is 63.9 Å². The summed E-state index contributed by atoms with van der Waals surface area (Å²) in [6.45, 7) is -0.161. The predicted octanol–water partition coefficient (Wildman–Crippen LogP) is 3.40. The van der Waals surface area contributed by atoms with E-state index in [0.717, 1.165) is 0 Å². The average molecular weight is 340 g/mol. The number of carbonyl (C=O) groups excluding carboxylic acids is 2. The highest BCUT2D eigenvalue weighted by molar-refractivity contribution is 6.32. The van der Waals surface area contributed by atoms with Crippen LogP contribution in [0.4, 0.5) is 0 Å². The summed E-state index contributed by atoms with van der Waals surface area (Å²) in [6, 6.07) is 9.43. The van der Waals surface area contributed by atoms with E-state index in [0.29, 0.717) is 10.6 Å². The van der Waals surface area contributed by atoms with Crippen molar-refractivity contribution >= 4 is 35.1 Å². The van der Waals surface area contributed by atoms with Crippen molar-refractivity contribution in [3.8, 4) is 0 Å². The van der Waals surface area contributed by atoms with Crippen molar-refractivity contribution in [2.75, 3.05) is 13.2 Å². The molecule has 2 aromatic rings. The van der Waals surface area contributed by atoms with E-state index in [1.54, 1.807) is 24.3 Å². The maximum Gasteiger partial charge on any atom is 0.341 e. The van der Waals surface area contributed by atoms with E-state index in [-0.39, 0.29) is 23.9 Å². The first-order chi connectivity index (χ1) is 10.6. The number of hydrogen-bond donors (Lipinski definition) is 0. The number of nitrogens with zero attached hydrogens (tertiary/aromatic N) is 1. The summed E-state index contributed by atoms with van der Waals surface area (Å²) in [4.78, 5) is 27.2. The van der Waals surface area contributed by atoms with Crippen LogP contribution in [0.25, 0.3) is 0 Å². The van der Waals surface area contributed by atoms with Crippen LogP contribution in [-0.4, -0.2) is 30.1 Å². The van der Waals surface area contributed by atoms with Gasteiger partial charge in [0.1, 0.15) is 18.4 Å². The Kier molecular flexibility index (Phi) is 5.75. The Morgan fingerprint density at radius 2 is 1.73 bits per heavy atom. The number of pyridine rings is 1. The van der Waals surface area contributed by atoms with Gasteiger partial charge in [-0.3, -0.25) is 0 Å². The summed E-state index contributed by atoms with van der Waals surface area (Å²) < 4.78 is 9.93. The van der Waals surface area contributed by atoms with Crippen LogP contribution in [-0.2, 0) is 9.47 Å². The molecule has 0 saturated heterocycles. The number of hydrogen-bond acceptors (Lipinski definition) is 5. The zero-order valence-electron chi connectivity index (χ0n) is 11.3. The second-order valence-electron chi connectivity index (χ2n) is 4.12. The minimum absolute atomic E-state index is 0.0587. The molecule has 0 atom stereocenters. The molecule has 5 nitrogen and oxygen atoms in total. The van der Waals surface area contributed by atoms with Gasteiger partial charge in [-0.15, -0.1) is 0 Å². The van der Waals surface area contributed by atoms with Gasteiger partial charge in [0, 0.05) is 11.2 Å². The van der Waals surface area contributed by atoms with Crippen LogP contribution in [0.2, 0.25) is 10.2 Å². The summed E-state index contributed by atoms with van der Waals surface area (Å²) in [5.41, 5.74) is 0.486. The minimum atomic E-state index is -0.628. The Morgan fingerprint density at radius 1 is 1.00 bits per heavy atom. The number of benzene rings is 1. The molecular formula is C15H11Cl2NO4. The smallest absolute Gasteiger partial charge is 0.341 e. The van der Waals surface area contributed by atoms with Gasteiger partial charge >= 0.3 is 11.9 Å². The first-order valence-corrected chi connectivity index (χ1v) is 7.04. The molecule has 0 aliphatic heterocycles. The topological polar surface area (TPSA) is 65.5 Å². The third-order valence-corrected chi connectivity index (χ3v) is 3.13. The van der Waals surface area contributed by atoms with Gasteiger partial charge < -0.3 is 9.47 Å². The van der Waals surface area contributed by atoms with Gasteiger partial charge in [-0.25, -0.2) is 14.6 Å². The van der Waals surface area contributed by atoms with Gasteiger partial charge in [0.25, 0.3) is 0 Å². The SMILES string of the molecule is O=C(OCCOC(=O)c1cccnc1Cl)c1cccc(Cl)c1. The van der Waals surface area contributed by atoms with Gasteiger partial charge in [0.15, 0.2) is 0 Å². The van der Waals surface area contributed by atoms with E-state index in [2.05, 4.69) is 4.98 Å². The maximum absolute atomic E-state index is 11.7. The lowest BCUT2D eigenvalue weighted by atomic mass is 10.2. The Morgan fingerprint density at radius 3 is 2.41 bits per heavy atom. The summed E-state index contributed by atoms with van der Waals surface area (Å²) in [5.74, 6) is -1.17. The molecule has 0 amide bonds. The lowest BCUT2D eigenvalue weighted by Gasteiger charge is -2.07. The fourth-order valence-corrected chi connectivity index (χ4v) is 1.97. The van der Waals surface area contributed by atoms with Crippen LogP contribution in [0.5, 0.6) is 0 Å². The van der Waals surface area contributed by atoms with Gasteiger partial charge in [0.05, 0.1) is 11.1 Å². The van der Waals surface area contributed by atoms with E-state index in [1.165, 1.54) is 18.3 Å². The van der Waals surface area contributed by atoms with Crippen LogP contribution < -0.4 is 0 Å². The van der Waals surface area contributed by atoms with E-state index in [4.69, 9.17) is 32.7 Å². The summed E-state index contributed by atoms with van der Waals surface area (Å²) in [6.07, 6.45) is 1.46. The Bertz CT molecular complexity index is 691. The molecule has 2 rings (SSSR count). The molecular weight excluding hydrogens is 329 g/mol. The van der Waals surface area contributed by atoms with E-state index < -0.39 is 11.9 Å². The fraction of sp³-hybridized carbons (Fsp3) is 0.133. The molecule has 7 heteroatoms. The highest BCUT2D eigenvalue weighted by Crippen LogP contribution is 2.13. The van der Waals surface area contributed by atoms with E-state index in [1.807, 2.05) is 0 Å². The Labute approximate surface area is 136 Å². The number of halogens is 2. The second kappa shape index (κ2) is 7.77. The number of ether oxygens (including phenoxy) is 2. The van der Waals surface area contributed by atoms with Crippen molar-refractivity contribution in [1.82, 2.24) is 4.98 Å². The van der Waals surface area contributed by atoms with Gasteiger partial charge in [-0.05, 0) is 30.3 Å². The van der Waals surface area contributed by atoms with E-state index >= 15 is 0 Å². The number of esters is 2. The number of aromatic nitrogens is 1. The van der Waals surface area contributed by atoms with Crippen molar-refractivity contribution < 1.29 is 19.1 Å². The molecule has 0 unspecified atom stereocenters. The largest absolute Gasteiger partial charge is 0.458 e. The number of rotatable bonds is 5. The quantitative estimate of drug-likeness (QED) is 0.474. The zero-order chi connectivity index (χ0) is 15.9. The summed E-state index contributed by atoms with van der Waals surface area (Å²) >= 11 is 11.5. The molecule has 0 radical (unpaired) electrons. The fourth-order valence-electron chi connectivity index (χ4n) is 1.58. The molecule has 1 heterocycles. The lowest BCUT2D eigenvalue weighted by Crippen LogP contribution is -2.14. The Balaban J connectivity index is 1.79. The highest BCUT2D eigenvalue weighted by atomic mass is 35.5. The van der Waals surface area contributed by atoms with Crippen LogP contribution in [0.1, 0.15) is 20.7 Å². The molecule has 114 valence electrons. The number of carbonyl (C=O) groups is 2. The normalized spacial score (nSPS) is 10.1. The zero-order valence-corrected chi connectivity index (χ0v) is 12.8. The van der Waals surface area contributed by atoms with Crippen molar-refractivity contribution in [2.45, 2.75) is 0 Å². The second-order valence-corrected chi connectivity index (χ2v) is 4.92. The highest BCUT2D eigenvalue weighted by Gasteiger charge is 2.12. The molecule has 0 aliphatic rings. The van der Waals surface area contributed by atoms with Crippen molar-refractivity contribution in [1.29, 1.82) is 0 Å². The van der Waals surface area contributed by atoms with E-state index in [9.17, 15) is 9.59 Å². The molecule has 0 saturated carbocycles. The minimum Gasteiger partial charge on any atom is -0.458 e. The maximum atomic E-state index is 11.7. The first kappa shape index (κ1) is 16.3. The molecule has 0 bridgehead atoms. The Hall–Kier alpha value is -2.11. The molecule has 1 aromatic heterocycles. The summed E-state index contributed by atoms with van der Waals surface area (Å²) in [7, 11) is 0.